The third-order valence-corrected chi connectivity index (χ3v) is 7.97. The second-order valence-corrected chi connectivity index (χ2v) is 10.5. The summed E-state index contributed by atoms with van der Waals surface area (Å²) in [5.74, 6) is 0.749. The first-order valence-corrected chi connectivity index (χ1v) is 12.0. The number of rotatable bonds is 7. The highest BCUT2D eigenvalue weighted by Crippen LogP contribution is 2.28. The molecule has 1 saturated carbocycles. The molecule has 0 aromatic heterocycles. The van der Waals surface area contributed by atoms with Crippen molar-refractivity contribution < 1.29 is 13.2 Å². The Balaban J connectivity index is 0.00000225. The fourth-order valence-electron chi connectivity index (χ4n) is 4.23. The van der Waals surface area contributed by atoms with Crippen molar-refractivity contribution >= 4 is 28.2 Å². The number of halogens is 1. The number of likely N-dealkylation sites (tertiary alicyclic amines) is 1. The number of benzene rings is 1. The van der Waals surface area contributed by atoms with Crippen LogP contribution in [0.25, 0.3) is 0 Å². The van der Waals surface area contributed by atoms with Crippen LogP contribution in [0.15, 0.2) is 23.1 Å². The first-order valence-electron chi connectivity index (χ1n) is 10.4. The zero-order chi connectivity index (χ0) is 18.9. The molecule has 3 aliphatic rings. The summed E-state index contributed by atoms with van der Waals surface area (Å²) in [5, 5.41) is 3.61. The summed E-state index contributed by atoms with van der Waals surface area (Å²) in [4.78, 5) is 14.7. The predicted molar refractivity (Wildman–Crippen MR) is 113 cm³/mol. The molecule has 0 radical (unpaired) electrons. The minimum atomic E-state index is -3.40. The van der Waals surface area contributed by atoms with Gasteiger partial charge in [-0.15, -0.1) is 12.4 Å². The Bertz CT molecular complexity index is 800. The van der Waals surface area contributed by atoms with Crippen LogP contribution < -0.4 is 5.32 Å². The quantitative estimate of drug-likeness (QED) is 0.728. The molecule has 0 bridgehead atoms. The topological polar surface area (TPSA) is 66.5 Å². The molecule has 1 aromatic carbocycles. The van der Waals surface area contributed by atoms with E-state index in [0.717, 1.165) is 63.2 Å². The number of amides is 1. The number of carbonyl (C=O) groups excluding carboxylic acids is 1. The minimum Gasteiger partial charge on any atom is -0.343 e. The van der Waals surface area contributed by atoms with Gasteiger partial charge in [0.05, 0.1) is 10.6 Å². The van der Waals surface area contributed by atoms with Crippen LogP contribution in [0, 0.1) is 5.92 Å². The van der Waals surface area contributed by atoms with Crippen molar-refractivity contribution in [2.24, 2.45) is 5.92 Å². The SMILES string of the molecule is Cl.O=C(CCS(=O)(=O)c1ccc2c(c1)CCC2)N1CCC(NCC2CC2)CC1. The van der Waals surface area contributed by atoms with Crippen molar-refractivity contribution in [1.29, 1.82) is 0 Å². The molecule has 5 nitrogen and oxygen atoms in total. The van der Waals surface area contributed by atoms with E-state index in [1.165, 1.54) is 18.4 Å². The number of nitrogens with one attached hydrogen (secondary N) is 1. The molecule has 0 unspecified atom stereocenters. The standard InChI is InChI=1S/C21H30N2O3S.ClH/c24-21(23-11-8-19(9-12-23)22-15-16-4-5-16)10-13-27(25,26)20-7-6-17-2-1-3-18(17)14-20;/h6-7,14,16,19,22H,1-5,8-13,15H2;1H. The fraction of sp³-hybridized carbons (Fsp3) is 0.667. The molecule has 2 aliphatic carbocycles. The fourth-order valence-corrected chi connectivity index (χ4v) is 5.50. The van der Waals surface area contributed by atoms with Gasteiger partial charge in [-0.1, -0.05) is 6.07 Å². The highest BCUT2D eigenvalue weighted by atomic mass is 35.5. The van der Waals surface area contributed by atoms with Gasteiger partial charge in [0.1, 0.15) is 0 Å². The van der Waals surface area contributed by atoms with Crippen molar-refractivity contribution in [3.63, 3.8) is 0 Å². The molecular formula is C21H31ClN2O3S. The Kier molecular flexibility index (Phi) is 7.05. The summed E-state index contributed by atoms with van der Waals surface area (Å²) >= 11 is 0. The Morgan fingerprint density at radius 1 is 1.07 bits per heavy atom. The molecule has 4 rings (SSSR count). The van der Waals surface area contributed by atoms with E-state index in [-0.39, 0.29) is 30.5 Å². The summed E-state index contributed by atoms with van der Waals surface area (Å²) in [5.41, 5.74) is 2.42. The van der Waals surface area contributed by atoms with Gasteiger partial charge in [0.2, 0.25) is 5.91 Å². The van der Waals surface area contributed by atoms with Gasteiger partial charge >= 0.3 is 0 Å². The van der Waals surface area contributed by atoms with Crippen LogP contribution in [0.1, 0.15) is 49.7 Å². The number of hydrogen-bond donors (Lipinski definition) is 1. The van der Waals surface area contributed by atoms with Crippen molar-refractivity contribution in [3.8, 4) is 0 Å². The third kappa shape index (κ3) is 5.28. The van der Waals surface area contributed by atoms with E-state index in [1.807, 2.05) is 17.0 Å². The van der Waals surface area contributed by atoms with Crippen molar-refractivity contribution in [2.75, 3.05) is 25.4 Å². The number of carbonyl (C=O) groups is 1. The van der Waals surface area contributed by atoms with Crippen LogP contribution in [-0.4, -0.2) is 50.7 Å². The summed E-state index contributed by atoms with van der Waals surface area (Å²) in [6, 6.07) is 5.97. The molecule has 1 aliphatic heterocycles. The number of sulfone groups is 1. The minimum absolute atomic E-state index is 0. The molecule has 1 amide bonds. The lowest BCUT2D eigenvalue weighted by Crippen LogP contribution is -2.45. The Hall–Kier alpha value is -1.11. The second kappa shape index (κ2) is 9.14. The normalized spacial score (nSPS) is 19.9. The Morgan fingerprint density at radius 2 is 1.79 bits per heavy atom. The Labute approximate surface area is 174 Å². The monoisotopic (exact) mass is 426 g/mol. The first kappa shape index (κ1) is 21.6. The van der Waals surface area contributed by atoms with Crippen LogP contribution >= 0.6 is 12.4 Å². The van der Waals surface area contributed by atoms with Crippen LogP contribution in [0.4, 0.5) is 0 Å². The summed E-state index contributed by atoms with van der Waals surface area (Å²) < 4.78 is 25.3. The van der Waals surface area contributed by atoms with Gasteiger partial charge in [-0.3, -0.25) is 4.79 Å². The lowest BCUT2D eigenvalue weighted by Gasteiger charge is -2.32. The molecule has 0 spiro atoms. The lowest BCUT2D eigenvalue weighted by atomic mass is 10.0. The molecule has 7 heteroatoms. The van der Waals surface area contributed by atoms with E-state index >= 15 is 0 Å². The molecule has 1 aromatic rings. The number of nitrogens with zero attached hydrogens (tertiary/aromatic N) is 1. The molecule has 156 valence electrons. The van der Waals surface area contributed by atoms with Gasteiger partial charge in [0.25, 0.3) is 0 Å². The molecule has 1 N–H and O–H groups in total. The predicted octanol–water partition coefficient (Wildman–Crippen LogP) is 2.75. The zero-order valence-corrected chi connectivity index (χ0v) is 18.0. The van der Waals surface area contributed by atoms with Crippen molar-refractivity contribution in [2.45, 2.75) is 62.3 Å². The van der Waals surface area contributed by atoms with E-state index in [9.17, 15) is 13.2 Å². The Morgan fingerprint density at radius 3 is 2.50 bits per heavy atom. The summed E-state index contributed by atoms with van der Waals surface area (Å²) in [6.45, 7) is 2.58. The molecule has 1 heterocycles. The molecule has 28 heavy (non-hydrogen) atoms. The highest BCUT2D eigenvalue weighted by molar-refractivity contribution is 7.91. The molecule has 0 atom stereocenters. The van der Waals surface area contributed by atoms with E-state index in [2.05, 4.69) is 5.32 Å². The van der Waals surface area contributed by atoms with Crippen LogP contribution in [0.3, 0.4) is 0 Å². The van der Waals surface area contributed by atoms with Crippen LogP contribution in [0.2, 0.25) is 0 Å². The summed E-state index contributed by atoms with van der Waals surface area (Å²) in [6.07, 6.45) is 7.82. The number of piperidine rings is 1. The lowest BCUT2D eigenvalue weighted by molar-refractivity contribution is -0.131. The van der Waals surface area contributed by atoms with E-state index < -0.39 is 9.84 Å². The van der Waals surface area contributed by atoms with Gasteiger partial charge in [0, 0.05) is 25.6 Å². The van der Waals surface area contributed by atoms with Gasteiger partial charge < -0.3 is 10.2 Å². The summed E-state index contributed by atoms with van der Waals surface area (Å²) in [7, 11) is -3.40. The maximum Gasteiger partial charge on any atom is 0.223 e. The maximum absolute atomic E-state index is 12.6. The van der Waals surface area contributed by atoms with E-state index in [4.69, 9.17) is 0 Å². The average molecular weight is 427 g/mol. The second-order valence-electron chi connectivity index (χ2n) is 8.36. The molecule has 2 fully saturated rings. The zero-order valence-electron chi connectivity index (χ0n) is 16.4. The number of fused-ring (bicyclic) bond motifs is 1. The average Bonchev–Trinajstić information content (AvgIpc) is 3.39. The van der Waals surface area contributed by atoms with Crippen LogP contribution in [0.5, 0.6) is 0 Å². The first-order chi connectivity index (χ1) is 13.0. The highest BCUT2D eigenvalue weighted by Gasteiger charge is 2.27. The smallest absolute Gasteiger partial charge is 0.223 e. The van der Waals surface area contributed by atoms with E-state index in [0.29, 0.717) is 10.9 Å². The van der Waals surface area contributed by atoms with Gasteiger partial charge in [-0.05, 0) is 80.7 Å². The number of aryl methyl sites for hydroxylation is 2. The van der Waals surface area contributed by atoms with Gasteiger partial charge in [0.15, 0.2) is 9.84 Å². The largest absolute Gasteiger partial charge is 0.343 e. The van der Waals surface area contributed by atoms with Gasteiger partial charge in [-0.2, -0.15) is 0 Å². The third-order valence-electron chi connectivity index (χ3n) is 6.25. The molecule has 1 saturated heterocycles. The van der Waals surface area contributed by atoms with Crippen molar-refractivity contribution in [3.05, 3.63) is 29.3 Å². The number of hydrogen-bond acceptors (Lipinski definition) is 4. The molecular weight excluding hydrogens is 396 g/mol. The maximum atomic E-state index is 12.6. The van der Waals surface area contributed by atoms with Crippen LogP contribution in [-0.2, 0) is 27.5 Å². The van der Waals surface area contributed by atoms with Gasteiger partial charge in [-0.25, -0.2) is 8.42 Å². The van der Waals surface area contributed by atoms with Crippen molar-refractivity contribution in [1.82, 2.24) is 10.2 Å². The van der Waals surface area contributed by atoms with E-state index in [1.54, 1.807) is 6.07 Å².